The lowest BCUT2D eigenvalue weighted by Gasteiger charge is -2.20. The third-order valence-electron chi connectivity index (χ3n) is 3.54. The van der Waals surface area contributed by atoms with Crippen molar-refractivity contribution in [2.75, 3.05) is 40.3 Å². The number of amides is 1. The Hall–Kier alpha value is -1.61. The van der Waals surface area contributed by atoms with Crippen LogP contribution in [-0.2, 0) is 14.3 Å². The smallest absolute Gasteiger partial charge is 0.310 e. The molecule has 0 aromatic rings. The number of likely N-dealkylation sites (tertiary alicyclic amines) is 1. The van der Waals surface area contributed by atoms with Gasteiger partial charge in [0, 0.05) is 26.7 Å². The Morgan fingerprint density at radius 1 is 1.47 bits per heavy atom. The first kappa shape index (κ1) is 15.4. The molecule has 0 spiro atoms. The fraction of sp³-hybridized carbons (Fsp3) is 0.769. The highest BCUT2D eigenvalue weighted by molar-refractivity contribution is 5.78. The molecule has 1 rings (SSSR count). The second-order valence-electron chi connectivity index (χ2n) is 5.02. The number of likely N-dealkylation sites (N-methyl/N-ethyl adjacent to an activating group) is 1. The third kappa shape index (κ3) is 4.21. The summed E-state index contributed by atoms with van der Waals surface area (Å²) in [6, 6.07) is 2.02. The predicted molar refractivity (Wildman–Crippen MR) is 69.0 cm³/mol. The molecule has 0 aromatic carbocycles. The van der Waals surface area contributed by atoms with E-state index in [-0.39, 0.29) is 23.7 Å². The number of methoxy groups -OCH3 is 1. The standard InChI is InChI=1S/C13H21N3O3/c1-10-7-16(8-11(10)13(18)19-3)9-12(17)15(2)6-4-5-14/h10-11H,4,6-9H2,1-3H3. The average molecular weight is 267 g/mol. The molecular formula is C13H21N3O3. The van der Waals surface area contributed by atoms with Gasteiger partial charge in [0.25, 0.3) is 0 Å². The lowest BCUT2D eigenvalue weighted by atomic mass is 9.99. The Balaban J connectivity index is 2.45. The van der Waals surface area contributed by atoms with Crippen LogP contribution in [0.15, 0.2) is 0 Å². The molecule has 0 N–H and O–H groups in total. The zero-order valence-corrected chi connectivity index (χ0v) is 11.8. The summed E-state index contributed by atoms with van der Waals surface area (Å²) >= 11 is 0. The van der Waals surface area contributed by atoms with Crippen LogP contribution in [0.4, 0.5) is 0 Å². The van der Waals surface area contributed by atoms with Gasteiger partial charge in [-0.2, -0.15) is 5.26 Å². The first-order valence-electron chi connectivity index (χ1n) is 6.40. The Morgan fingerprint density at radius 3 is 2.74 bits per heavy atom. The van der Waals surface area contributed by atoms with Crippen molar-refractivity contribution in [1.29, 1.82) is 5.26 Å². The van der Waals surface area contributed by atoms with Crippen LogP contribution in [-0.4, -0.2) is 62.0 Å². The number of hydrogen-bond acceptors (Lipinski definition) is 5. The maximum absolute atomic E-state index is 11.9. The number of hydrogen-bond donors (Lipinski definition) is 0. The molecule has 2 unspecified atom stereocenters. The van der Waals surface area contributed by atoms with E-state index in [0.717, 1.165) is 6.54 Å². The minimum atomic E-state index is -0.208. The molecule has 106 valence electrons. The largest absolute Gasteiger partial charge is 0.469 e. The fourth-order valence-corrected chi connectivity index (χ4v) is 2.31. The van der Waals surface area contributed by atoms with Gasteiger partial charge in [-0.05, 0) is 5.92 Å². The molecule has 1 saturated heterocycles. The van der Waals surface area contributed by atoms with E-state index in [9.17, 15) is 9.59 Å². The molecule has 1 amide bonds. The maximum atomic E-state index is 11.9. The highest BCUT2D eigenvalue weighted by Crippen LogP contribution is 2.23. The Labute approximate surface area is 113 Å². The fourth-order valence-electron chi connectivity index (χ4n) is 2.31. The highest BCUT2D eigenvalue weighted by Gasteiger charge is 2.36. The topological polar surface area (TPSA) is 73.6 Å². The second-order valence-corrected chi connectivity index (χ2v) is 5.02. The van der Waals surface area contributed by atoms with E-state index in [1.54, 1.807) is 11.9 Å². The molecule has 0 aromatic heterocycles. The van der Waals surface area contributed by atoms with Crippen LogP contribution in [0, 0.1) is 23.2 Å². The molecule has 0 radical (unpaired) electrons. The summed E-state index contributed by atoms with van der Waals surface area (Å²) in [4.78, 5) is 27.0. The molecule has 6 heteroatoms. The summed E-state index contributed by atoms with van der Waals surface area (Å²) in [7, 11) is 3.08. The number of carbonyl (C=O) groups excluding carboxylic acids is 2. The minimum Gasteiger partial charge on any atom is -0.469 e. The van der Waals surface area contributed by atoms with Gasteiger partial charge in [-0.1, -0.05) is 6.92 Å². The number of nitrogens with zero attached hydrogens (tertiary/aromatic N) is 3. The van der Waals surface area contributed by atoms with Crippen molar-refractivity contribution >= 4 is 11.9 Å². The number of carbonyl (C=O) groups is 2. The van der Waals surface area contributed by atoms with Crippen LogP contribution >= 0.6 is 0 Å². The normalized spacial score (nSPS) is 22.8. The Kier molecular flexibility index (Phi) is 5.77. The summed E-state index contributed by atoms with van der Waals surface area (Å²) in [5, 5.41) is 8.49. The molecule has 0 bridgehead atoms. The quantitative estimate of drug-likeness (QED) is 0.660. The van der Waals surface area contributed by atoms with Gasteiger partial charge in [0.15, 0.2) is 0 Å². The molecule has 1 heterocycles. The number of esters is 1. The van der Waals surface area contributed by atoms with Crippen molar-refractivity contribution < 1.29 is 14.3 Å². The van der Waals surface area contributed by atoms with E-state index in [4.69, 9.17) is 10.00 Å². The van der Waals surface area contributed by atoms with Crippen molar-refractivity contribution in [3.8, 4) is 6.07 Å². The van der Waals surface area contributed by atoms with E-state index < -0.39 is 0 Å². The van der Waals surface area contributed by atoms with Crippen molar-refractivity contribution in [2.24, 2.45) is 11.8 Å². The average Bonchev–Trinajstić information content (AvgIpc) is 2.75. The molecule has 19 heavy (non-hydrogen) atoms. The van der Waals surface area contributed by atoms with E-state index in [2.05, 4.69) is 0 Å². The summed E-state index contributed by atoms with van der Waals surface area (Å²) in [6.45, 7) is 4.01. The second kappa shape index (κ2) is 7.10. The molecule has 0 saturated carbocycles. The molecule has 6 nitrogen and oxygen atoms in total. The van der Waals surface area contributed by atoms with Gasteiger partial charge in [-0.3, -0.25) is 14.5 Å². The maximum Gasteiger partial charge on any atom is 0.310 e. The first-order valence-corrected chi connectivity index (χ1v) is 6.40. The lowest BCUT2D eigenvalue weighted by molar-refractivity contribution is -0.146. The van der Waals surface area contributed by atoms with Crippen molar-refractivity contribution in [1.82, 2.24) is 9.80 Å². The van der Waals surface area contributed by atoms with Crippen LogP contribution in [0.2, 0.25) is 0 Å². The van der Waals surface area contributed by atoms with Gasteiger partial charge in [0.1, 0.15) is 0 Å². The number of ether oxygens (including phenoxy) is 1. The summed E-state index contributed by atoms with van der Waals surface area (Å²) < 4.78 is 4.76. The summed E-state index contributed by atoms with van der Waals surface area (Å²) in [5.74, 6) is -0.180. The van der Waals surface area contributed by atoms with Crippen LogP contribution in [0.5, 0.6) is 0 Å². The van der Waals surface area contributed by atoms with Crippen LogP contribution in [0.3, 0.4) is 0 Å². The SMILES string of the molecule is COC(=O)C1CN(CC(=O)N(C)CCC#N)CC1C. The van der Waals surface area contributed by atoms with Crippen molar-refractivity contribution in [3.05, 3.63) is 0 Å². The molecule has 0 aliphatic carbocycles. The van der Waals surface area contributed by atoms with Gasteiger partial charge in [0.05, 0.1) is 32.1 Å². The van der Waals surface area contributed by atoms with Crippen LogP contribution in [0.1, 0.15) is 13.3 Å². The third-order valence-corrected chi connectivity index (χ3v) is 3.54. The van der Waals surface area contributed by atoms with Gasteiger partial charge in [0.2, 0.25) is 5.91 Å². The zero-order chi connectivity index (χ0) is 14.4. The minimum absolute atomic E-state index is 0.0204. The molecule has 1 fully saturated rings. The van der Waals surface area contributed by atoms with E-state index in [0.29, 0.717) is 26.1 Å². The zero-order valence-electron chi connectivity index (χ0n) is 11.8. The number of rotatable bonds is 5. The Morgan fingerprint density at radius 2 is 2.16 bits per heavy atom. The van der Waals surface area contributed by atoms with Gasteiger partial charge >= 0.3 is 5.97 Å². The molecule has 2 atom stereocenters. The molecule has 1 aliphatic rings. The van der Waals surface area contributed by atoms with Crippen molar-refractivity contribution in [2.45, 2.75) is 13.3 Å². The lowest BCUT2D eigenvalue weighted by Crippen LogP contribution is -2.38. The van der Waals surface area contributed by atoms with Gasteiger partial charge < -0.3 is 9.64 Å². The molecule has 1 aliphatic heterocycles. The van der Waals surface area contributed by atoms with Crippen LogP contribution < -0.4 is 0 Å². The summed E-state index contributed by atoms with van der Waals surface area (Å²) in [5.41, 5.74) is 0. The van der Waals surface area contributed by atoms with Crippen LogP contribution in [0.25, 0.3) is 0 Å². The first-order chi connectivity index (χ1) is 8.99. The van der Waals surface area contributed by atoms with Gasteiger partial charge in [-0.25, -0.2) is 0 Å². The van der Waals surface area contributed by atoms with E-state index >= 15 is 0 Å². The molecular weight excluding hydrogens is 246 g/mol. The van der Waals surface area contributed by atoms with Crippen molar-refractivity contribution in [3.63, 3.8) is 0 Å². The highest BCUT2D eigenvalue weighted by atomic mass is 16.5. The monoisotopic (exact) mass is 267 g/mol. The van der Waals surface area contributed by atoms with Gasteiger partial charge in [-0.15, -0.1) is 0 Å². The van der Waals surface area contributed by atoms with E-state index in [1.807, 2.05) is 17.9 Å². The van der Waals surface area contributed by atoms with E-state index in [1.165, 1.54) is 7.11 Å². The summed E-state index contributed by atoms with van der Waals surface area (Å²) in [6.07, 6.45) is 0.337. The predicted octanol–water partition coefficient (Wildman–Crippen LogP) is 0.0994. The number of nitriles is 1. The Bertz CT molecular complexity index is 378.